The molecule has 0 aliphatic carbocycles. The van der Waals surface area contributed by atoms with Gasteiger partial charge in [0.05, 0.1) is 42.6 Å². The first kappa shape index (κ1) is 93.2. The van der Waals surface area contributed by atoms with Crippen LogP contribution in [0.4, 0.5) is 46.0 Å². The molecule has 0 fully saturated rings. The summed E-state index contributed by atoms with van der Waals surface area (Å²) in [7, 11) is 0. The van der Waals surface area contributed by atoms with Crippen LogP contribution < -0.4 is 21.3 Å². The molecule has 632 valence electrons. The van der Waals surface area contributed by atoms with Crippen LogP contribution >= 0.6 is 45.3 Å². The third-order valence-electron chi connectivity index (χ3n) is 19.8. The number of allylic oxidation sites excluding steroid dienone is 3. The number of aromatic carboxylic acids is 3. The molecule has 0 aliphatic heterocycles. The van der Waals surface area contributed by atoms with Crippen LogP contribution in [0.25, 0.3) is 48.9 Å². The summed E-state index contributed by atoms with van der Waals surface area (Å²) in [4.78, 5) is 92.3. The minimum Gasteiger partial charge on any atom is -0.481 e. The van der Waals surface area contributed by atoms with E-state index in [9.17, 15) is 19.2 Å². The van der Waals surface area contributed by atoms with E-state index in [1.54, 1.807) is 118 Å². The van der Waals surface area contributed by atoms with E-state index in [1.165, 1.54) is 77.3 Å². The van der Waals surface area contributed by atoms with Crippen LogP contribution in [0, 0.1) is 13.8 Å². The number of aryl methyl sites for hydroxylation is 7. The van der Waals surface area contributed by atoms with Crippen molar-refractivity contribution in [2.75, 3.05) is 21.3 Å². The Kier molecular flexibility index (Phi) is 36.9. The SMILES string of the molecule is C=CCc1c(C)nc(-c2ccc(CCCCC)s2)nc1Nc1ccc(C(=O)O)cc1.C=CCc1c(CC)nc(-c2ccc(CCCCC)s2)nc1Nc1ccc(C(=O)O)cc1.CCC/C=C/c1ccc(-c2nc(CC)c(CC)c(Nc3ccc(CC(=O)O)cc3)n2)s1.CCCCCc1ccc(-c2nc(C)c(CC)c(Nc3ccc(C(=O)O)cc3)n2)s1. The molecule has 0 radical (unpaired) electrons. The zero-order valence-electron chi connectivity index (χ0n) is 71.1. The summed E-state index contributed by atoms with van der Waals surface area (Å²) in [6.45, 7) is 29.0. The molecule has 121 heavy (non-hydrogen) atoms. The molecular weight excluding hydrogens is 1590 g/mol. The number of benzene rings is 4. The Morgan fingerprint density at radius 2 is 0.702 bits per heavy atom. The van der Waals surface area contributed by atoms with E-state index >= 15 is 0 Å². The molecule has 0 spiro atoms. The number of carboxylic acid groups (broad SMARTS) is 4. The predicted molar refractivity (Wildman–Crippen MR) is 501 cm³/mol. The predicted octanol–water partition coefficient (Wildman–Crippen LogP) is 25.9. The summed E-state index contributed by atoms with van der Waals surface area (Å²) >= 11 is 6.96. The van der Waals surface area contributed by atoms with Crippen LogP contribution in [0.15, 0.2) is 177 Å². The normalized spacial score (nSPS) is 10.9. The number of hydrogen-bond donors (Lipinski definition) is 8. The first-order chi connectivity index (χ1) is 58.6. The summed E-state index contributed by atoms with van der Waals surface area (Å²) in [6.07, 6.45) is 29.2. The smallest absolute Gasteiger partial charge is 0.335 e. The molecule has 8 aromatic heterocycles. The molecule has 0 amide bonds. The summed E-state index contributed by atoms with van der Waals surface area (Å²) < 4.78 is 0. The van der Waals surface area contributed by atoms with Gasteiger partial charge in [-0.1, -0.05) is 131 Å². The lowest BCUT2D eigenvalue weighted by molar-refractivity contribution is -0.136. The van der Waals surface area contributed by atoms with Crippen molar-refractivity contribution in [3.8, 4) is 42.8 Å². The topological polar surface area (TPSA) is 300 Å². The highest BCUT2D eigenvalue weighted by molar-refractivity contribution is 7.16. The molecule has 8 heterocycles. The number of carbonyl (C=O) groups is 4. The van der Waals surface area contributed by atoms with Crippen LogP contribution in [0.2, 0.25) is 0 Å². The third-order valence-corrected chi connectivity index (χ3v) is 24.2. The molecule has 0 unspecified atom stereocenters. The maximum absolute atomic E-state index is 11.1. The third kappa shape index (κ3) is 27.7. The number of aromatic nitrogens is 8. The van der Waals surface area contributed by atoms with Crippen LogP contribution in [-0.4, -0.2) is 84.2 Å². The van der Waals surface area contributed by atoms with Gasteiger partial charge < -0.3 is 41.7 Å². The van der Waals surface area contributed by atoms with Gasteiger partial charge in [0.15, 0.2) is 23.3 Å². The molecule has 0 bridgehead atoms. The highest BCUT2D eigenvalue weighted by Crippen LogP contribution is 2.37. The molecule has 4 aromatic carbocycles. The van der Waals surface area contributed by atoms with E-state index in [-0.39, 0.29) is 23.1 Å². The number of aliphatic carboxylic acids is 1. The Morgan fingerprint density at radius 3 is 1.07 bits per heavy atom. The minimum atomic E-state index is -0.943. The van der Waals surface area contributed by atoms with Crippen LogP contribution in [0.3, 0.4) is 0 Å². The Balaban J connectivity index is 0.000000183. The maximum Gasteiger partial charge on any atom is 0.335 e. The highest BCUT2D eigenvalue weighted by atomic mass is 32.1. The second-order valence-electron chi connectivity index (χ2n) is 28.9. The fraction of sp³-hybridized carbons (Fsp3) is 0.320. The van der Waals surface area contributed by atoms with Gasteiger partial charge in [0.2, 0.25) is 0 Å². The van der Waals surface area contributed by atoms with E-state index in [0.717, 1.165) is 191 Å². The zero-order chi connectivity index (χ0) is 86.7. The summed E-state index contributed by atoms with van der Waals surface area (Å²) in [6, 6.07) is 44.5. The van der Waals surface area contributed by atoms with Crippen molar-refractivity contribution < 1.29 is 39.6 Å². The first-order valence-electron chi connectivity index (χ1n) is 41.8. The van der Waals surface area contributed by atoms with Crippen molar-refractivity contribution in [3.05, 3.63) is 264 Å². The van der Waals surface area contributed by atoms with Crippen molar-refractivity contribution in [1.29, 1.82) is 0 Å². The lowest BCUT2D eigenvalue weighted by Gasteiger charge is -2.15. The molecule has 0 saturated carbocycles. The first-order valence-corrected chi connectivity index (χ1v) is 45.1. The molecule has 0 atom stereocenters. The number of anilines is 8. The Labute approximate surface area is 727 Å². The summed E-state index contributed by atoms with van der Waals surface area (Å²) in [5.41, 5.74) is 12.9. The van der Waals surface area contributed by atoms with Gasteiger partial charge in [0.25, 0.3) is 0 Å². The van der Waals surface area contributed by atoms with Gasteiger partial charge in [-0.2, -0.15) is 0 Å². The lowest BCUT2D eigenvalue weighted by atomic mass is 10.1. The van der Waals surface area contributed by atoms with Gasteiger partial charge in [-0.15, -0.1) is 58.5 Å². The summed E-state index contributed by atoms with van der Waals surface area (Å²) in [5, 5.41) is 49.8. The lowest BCUT2D eigenvalue weighted by Crippen LogP contribution is -2.07. The van der Waals surface area contributed by atoms with Crippen molar-refractivity contribution >= 4 is 121 Å². The molecule has 0 saturated heterocycles. The Morgan fingerprint density at radius 1 is 0.364 bits per heavy atom. The van der Waals surface area contributed by atoms with E-state index in [1.807, 2.05) is 50.3 Å². The molecule has 0 aliphatic rings. The summed E-state index contributed by atoms with van der Waals surface area (Å²) in [5.74, 6) is 2.30. The van der Waals surface area contributed by atoms with Crippen LogP contribution in [0.1, 0.15) is 227 Å². The molecule has 12 aromatic rings. The number of thiophene rings is 4. The molecular formula is C97H112N12O8S4. The molecule has 12 rings (SSSR count). The fourth-order valence-corrected chi connectivity index (χ4v) is 17.0. The highest BCUT2D eigenvalue weighted by Gasteiger charge is 2.21. The second-order valence-corrected chi connectivity index (χ2v) is 33.6. The van der Waals surface area contributed by atoms with Gasteiger partial charge in [0, 0.05) is 87.3 Å². The van der Waals surface area contributed by atoms with E-state index in [0.29, 0.717) is 18.7 Å². The van der Waals surface area contributed by atoms with Crippen molar-refractivity contribution in [2.24, 2.45) is 0 Å². The number of nitrogens with one attached hydrogen (secondary N) is 4. The van der Waals surface area contributed by atoms with Gasteiger partial charge in [-0.05, 0) is 242 Å². The monoisotopic (exact) mass is 1700 g/mol. The largest absolute Gasteiger partial charge is 0.481 e. The number of carboxylic acids is 4. The average molecular weight is 1700 g/mol. The van der Waals surface area contributed by atoms with Crippen LogP contribution in [-0.2, 0) is 69.0 Å². The Bertz CT molecular complexity index is 5440. The molecule has 8 N–H and O–H groups in total. The van der Waals surface area contributed by atoms with Crippen molar-refractivity contribution in [2.45, 2.75) is 204 Å². The van der Waals surface area contributed by atoms with Gasteiger partial charge in [-0.3, -0.25) is 4.79 Å². The van der Waals surface area contributed by atoms with Crippen LogP contribution in [0.5, 0.6) is 0 Å². The van der Waals surface area contributed by atoms with Gasteiger partial charge in [0.1, 0.15) is 23.3 Å². The van der Waals surface area contributed by atoms with Crippen molar-refractivity contribution in [1.82, 2.24) is 39.9 Å². The standard InChI is InChI=1S/2C25H29N3O2S.C24H27N3O2S.C23H27N3O2S/c1-4-7-8-9-19-14-15-22(31-19)25-27-21(6-3)20(5-2)24(28-25)26-18-12-10-17(11-13-18)16-23(29)30;1-4-7-8-10-19-15-16-22(31-19)24-27-21(6-3)20(9-5-2)23(28-24)26-18-13-11-17(12-14-18)25(29)30;1-4-6-7-9-19-14-15-21(30-19)23-25-16(3)20(8-5-2)22(27-23)26-18-12-10-17(11-13-18)24(28)29;1-4-6-7-8-18-13-14-20(29-18)22-24-15(3)19(5-2)21(26-22)25-17-11-9-16(10-12-17)23(27)28/h8-15H,4-7,16H2,1-3H3,(H,29,30)(H,26,27,28);5,11-16H,2,4,6-10H2,1,3H3,(H,29,30)(H,26,27,28);5,10-15H,2,4,6-9H2,1,3H3,(H,28,29)(H,25,26,27);9-14H,4-8H2,1-3H3,(H,27,28)(H,24,25,26)/b9-8+;;;. The number of nitrogens with zero attached hydrogens (tertiary/aromatic N) is 8. The quantitative estimate of drug-likeness (QED) is 0.0131. The minimum absolute atomic E-state index is 0.0194. The second kappa shape index (κ2) is 47.9. The number of rotatable bonds is 40. The van der Waals surface area contributed by atoms with Gasteiger partial charge in [-0.25, -0.2) is 54.3 Å². The van der Waals surface area contributed by atoms with E-state index < -0.39 is 23.9 Å². The average Bonchev–Trinajstić information content (AvgIpc) is 1.82. The Hall–Kier alpha value is -11.7. The van der Waals surface area contributed by atoms with E-state index in [4.69, 9.17) is 60.3 Å². The number of unbranched alkanes of at least 4 members (excludes halogenated alkanes) is 7. The fourth-order valence-electron chi connectivity index (χ4n) is 13.2. The molecule has 24 heteroatoms. The van der Waals surface area contributed by atoms with E-state index in [2.05, 4.69) is 150 Å². The van der Waals surface area contributed by atoms with Crippen molar-refractivity contribution in [3.63, 3.8) is 0 Å². The zero-order valence-corrected chi connectivity index (χ0v) is 74.3. The molecule has 20 nitrogen and oxygen atoms in total. The maximum atomic E-state index is 11.1. The number of hydrogen-bond acceptors (Lipinski definition) is 20. The van der Waals surface area contributed by atoms with Gasteiger partial charge >= 0.3 is 23.9 Å².